The van der Waals surface area contributed by atoms with Gasteiger partial charge in [-0.25, -0.2) is 0 Å². The van der Waals surface area contributed by atoms with Crippen LogP contribution >= 0.6 is 0 Å². The van der Waals surface area contributed by atoms with Gasteiger partial charge < -0.3 is 15.2 Å². The molecule has 0 saturated carbocycles. The lowest BCUT2D eigenvalue weighted by Crippen LogP contribution is -2.45. The van der Waals surface area contributed by atoms with Crippen molar-refractivity contribution in [3.8, 4) is 11.1 Å². The molecule has 0 spiro atoms. The molecule has 2 aromatic rings. The van der Waals surface area contributed by atoms with E-state index in [0.29, 0.717) is 12.2 Å². The number of nitrogens with zero attached hydrogens (tertiary/aromatic N) is 3. The Morgan fingerprint density at radius 2 is 1.97 bits per heavy atom. The molecule has 2 aliphatic rings. The summed E-state index contributed by atoms with van der Waals surface area (Å²) in [5.41, 5.74) is 2.30. The lowest BCUT2D eigenvalue weighted by Gasteiger charge is -2.33. The molecule has 0 bridgehead atoms. The predicted molar refractivity (Wildman–Crippen MR) is 118 cm³/mol. The van der Waals surface area contributed by atoms with Gasteiger partial charge in [0.2, 0.25) is 5.91 Å². The summed E-state index contributed by atoms with van der Waals surface area (Å²) < 4.78 is 0. The Balaban J connectivity index is 1.37. The molecule has 4 rings (SSSR count). The Labute approximate surface area is 176 Å². The molecule has 158 valence electrons. The van der Waals surface area contributed by atoms with E-state index in [1.807, 2.05) is 29.2 Å². The Bertz CT molecular complexity index is 934. The number of aromatic amines is 1. The van der Waals surface area contributed by atoms with Crippen LogP contribution in [0.2, 0.25) is 0 Å². The van der Waals surface area contributed by atoms with Crippen LogP contribution in [0.1, 0.15) is 25.7 Å². The van der Waals surface area contributed by atoms with Crippen LogP contribution < -0.4 is 10.9 Å². The van der Waals surface area contributed by atoms with E-state index in [1.54, 1.807) is 24.7 Å². The van der Waals surface area contributed by atoms with Crippen LogP contribution in [0, 0.1) is 0 Å². The van der Waals surface area contributed by atoms with E-state index < -0.39 is 0 Å². The summed E-state index contributed by atoms with van der Waals surface area (Å²) in [6, 6.07) is 5.74. The molecule has 4 heterocycles. The minimum Gasteiger partial charge on any atom is -0.376 e. The number of amides is 1. The van der Waals surface area contributed by atoms with Crippen molar-refractivity contribution in [2.45, 2.75) is 31.7 Å². The number of pyridine rings is 2. The standard InChI is InChI=1S/C23H29N5O2/c29-22(6-4-13-27-11-1-2-12-27)28-14-3-5-20(17-28)26-21-15-19(16-25-23(21)30)18-7-9-24-10-8-18/h4,6-10,15-16,20,26H,1-3,5,11-14,17H2,(H,25,30)/b6-4+/t20-/m1/s1. The first kappa shape index (κ1) is 20.3. The smallest absolute Gasteiger partial charge is 0.271 e. The van der Waals surface area contributed by atoms with Crippen LogP contribution in [-0.2, 0) is 4.79 Å². The number of carbonyl (C=O) groups is 1. The van der Waals surface area contributed by atoms with Crippen LogP contribution in [0.5, 0.6) is 0 Å². The Morgan fingerprint density at radius 1 is 1.17 bits per heavy atom. The van der Waals surface area contributed by atoms with Crippen molar-refractivity contribution in [1.82, 2.24) is 19.8 Å². The number of H-pyrrole nitrogens is 1. The average Bonchev–Trinajstić information content (AvgIpc) is 3.29. The largest absolute Gasteiger partial charge is 0.376 e. The van der Waals surface area contributed by atoms with Gasteiger partial charge in [0, 0.05) is 55.9 Å². The number of hydrogen-bond acceptors (Lipinski definition) is 5. The normalized spacial score (nSPS) is 20.0. The van der Waals surface area contributed by atoms with E-state index in [4.69, 9.17) is 0 Å². The van der Waals surface area contributed by atoms with E-state index >= 15 is 0 Å². The number of piperidine rings is 1. The Hall–Kier alpha value is -2.93. The molecule has 30 heavy (non-hydrogen) atoms. The van der Waals surface area contributed by atoms with Crippen molar-refractivity contribution in [1.29, 1.82) is 0 Å². The third-order valence-electron chi connectivity index (χ3n) is 5.83. The summed E-state index contributed by atoms with van der Waals surface area (Å²) in [5.74, 6) is 0.0557. The van der Waals surface area contributed by atoms with E-state index in [2.05, 4.69) is 20.2 Å². The summed E-state index contributed by atoms with van der Waals surface area (Å²) in [7, 11) is 0. The van der Waals surface area contributed by atoms with Crippen molar-refractivity contribution >= 4 is 11.6 Å². The molecule has 2 saturated heterocycles. The van der Waals surface area contributed by atoms with Gasteiger partial charge in [-0.1, -0.05) is 6.08 Å². The van der Waals surface area contributed by atoms with Gasteiger partial charge in [-0.3, -0.25) is 19.5 Å². The highest BCUT2D eigenvalue weighted by molar-refractivity contribution is 5.87. The highest BCUT2D eigenvalue weighted by Crippen LogP contribution is 2.20. The van der Waals surface area contributed by atoms with Gasteiger partial charge in [-0.2, -0.15) is 0 Å². The minimum atomic E-state index is -0.151. The maximum atomic E-state index is 12.6. The predicted octanol–water partition coefficient (Wildman–Crippen LogP) is 2.49. The second-order valence-electron chi connectivity index (χ2n) is 8.04. The molecule has 0 aromatic carbocycles. The Kier molecular flexibility index (Phi) is 6.59. The molecular formula is C23H29N5O2. The molecule has 2 aromatic heterocycles. The quantitative estimate of drug-likeness (QED) is 0.719. The van der Waals surface area contributed by atoms with Gasteiger partial charge in [0.15, 0.2) is 0 Å². The maximum Gasteiger partial charge on any atom is 0.271 e. The first-order chi connectivity index (χ1) is 14.7. The number of anilines is 1. The minimum absolute atomic E-state index is 0.0557. The van der Waals surface area contributed by atoms with Crippen molar-refractivity contribution in [3.05, 3.63) is 59.3 Å². The fourth-order valence-corrected chi connectivity index (χ4v) is 4.19. The van der Waals surface area contributed by atoms with Gasteiger partial charge >= 0.3 is 0 Å². The molecule has 0 unspecified atom stereocenters. The van der Waals surface area contributed by atoms with Crippen molar-refractivity contribution < 1.29 is 4.79 Å². The van der Waals surface area contributed by atoms with E-state index in [1.165, 1.54) is 12.8 Å². The molecule has 1 amide bonds. The zero-order chi connectivity index (χ0) is 20.8. The lowest BCUT2D eigenvalue weighted by atomic mass is 10.0. The molecule has 0 aliphatic carbocycles. The molecule has 2 N–H and O–H groups in total. The third-order valence-corrected chi connectivity index (χ3v) is 5.83. The highest BCUT2D eigenvalue weighted by atomic mass is 16.2. The molecule has 0 radical (unpaired) electrons. The number of rotatable bonds is 6. The molecule has 2 fully saturated rings. The average molecular weight is 408 g/mol. The van der Waals surface area contributed by atoms with Gasteiger partial charge in [0.25, 0.3) is 5.56 Å². The fourth-order valence-electron chi connectivity index (χ4n) is 4.19. The van der Waals surface area contributed by atoms with Crippen LogP contribution in [-0.4, -0.2) is 64.4 Å². The van der Waals surface area contributed by atoms with Gasteiger partial charge in [0.1, 0.15) is 5.69 Å². The van der Waals surface area contributed by atoms with Gasteiger partial charge in [-0.15, -0.1) is 0 Å². The first-order valence-electron chi connectivity index (χ1n) is 10.8. The second kappa shape index (κ2) is 9.71. The zero-order valence-electron chi connectivity index (χ0n) is 17.2. The number of hydrogen-bond donors (Lipinski definition) is 2. The maximum absolute atomic E-state index is 12.6. The summed E-state index contributed by atoms with van der Waals surface area (Å²) in [5, 5.41) is 3.36. The van der Waals surface area contributed by atoms with Crippen molar-refractivity contribution in [2.24, 2.45) is 0 Å². The summed E-state index contributed by atoms with van der Waals surface area (Å²) in [6.45, 7) is 4.46. The van der Waals surface area contributed by atoms with E-state index in [9.17, 15) is 9.59 Å². The monoisotopic (exact) mass is 407 g/mol. The van der Waals surface area contributed by atoms with Crippen molar-refractivity contribution in [3.63, 3.8) is 0 Å². The molecule has 2 aliphatic heterocycles. The van der Waals surface area contributed by atoms with Crippen molar-refractivity contribution in [2.75, 3.05) is 38.0 Å². The van der Waals surface area contributed by atoms with Crippen LogP contribution in [0.25, 0.3) is 11.1 Å². The Morgan fingerprint density at radius 3 is 2.77 bits per heavy atom. The van der Waals surface area contributed by atoms with E-state index in [0.717, 1.165) is 50.1 Å². The molecular weight excluding hydrogens is 378 g/mol. The van der Waals surface area contributed by atoms with Crippen LogP contribution in [0.3, 0.4) is 0 Å². The first-order valence-corrected chi connectivity index (χ1v) is 10.8. The number of likely N-dealkylation sites (tertiary alicyclic amines) is 2. The number of carbonyl (C=O) groups excluding carboxylic acids is 1. The number of nitrogens with one attached hydrogen (secondary N) is 2. The molecule has 7 heteroatoms. The van der Waals surface area contributed by atoms with E-state index in [-0.39, 0.29) is 17.5 Å². The van der Waals surface area contributed by atoms with Crippen LogP contribution in [0.15, 0.2) is 53.7 Å². The van der Waals surface area contributed by atoms with Gasteiger partial charge in [0.05, 0.1) is 0 Å². The topological polar surface area (TPSA) is 81.3 Å². The lowest BCUT2D eigenvalue weighted by molar-refractivity contribution is -0.127. The SMILES string of the molecule is O=C(/C=C/CN1CCCC1)N1CCC[C@@H](Nc2cc(-c3ccncc3)c[nH]c2=O)C1. The van der Waals surface area contributed by atoms with Gasteiger partial charge in [-0.05, 0) is 62.5 Å². The zero-order valence-corrected chi connectivity index (χ0v) is 17.2. The molecule has 7 nitrogen and oxygen atoms in total. The highest BCUT2D eigenvalue weighted by Gasteiger charge is 2.23. The second-order valence-corrected chi connectivity index (χ2v) is 8.04. The number of aromatic nitrogens is 2. The van der Waals surface area contributed by atoms with Crippen LogP contribution in [0.4, 0.5) is 5.69 Å². The summed E-state index contributed by atoms with van der Waals surface area (Å²) in [4.78, 5) is 36.0. The third kappa shape index (κ3) is 5.16. The fraction of sp³-hybridized carbons (Fsp3) is 0.435. The summed E-state index contributed by atoms with van der Waals surface area (Å²) in [6.07, 6.45) is 13.2. The summed E-state index contributed by atoms with van der Waals surface area (Å²) >= 11 is 0. The molecule has 1 atom stereocenters.